The summed E-state index contributed by atoms with van der Waals surface area (Å²) in [5, 5.41) is 0.155. The van der Waals surface area contributed by atoms with E-state index in [2.05, 4.69) is 20.8 Å². The van der Waals surface area contributed by atoms with Crippen LogP contribution in [0.3, 0.4) is 0 Å². The summed E-state index contributed by atoms with van der Waals surface area (Å²) in [5.74, 6) is 0.490. The number of halogens is 2. The molecule has 1 aromatic rings. The quantitative estimate of drug-likeness (QED) is 0.762. The number of carbonyl (C=O) groups excluding carboxylic acids is 1. The molecule has 2 atom stereocenters. The number of ketones is 1. The monoisotopic (exact) mass is 296 g/mol. The third-order valence-corrected chi connectivity index (χ3v) is 4.80. The average molecular weight is 297 g/mol. The van der Waals surface area contributed by atoms with Gasteiger partial charge in [0.2, 0.25) is 0 Å². The van der Waals surface area contributed by atoms with E-state index in [1.807, 2.05) is 0 Å². The third kappa shape index (κ3) is 3.22. The number of benzene rings is 1. The Bertz CT molecular complexity index is 510. The molecule has 20 heavy (non-hydrogen) atoms. The first-order valence-corrected chi connectivity index (χ1v) is 7.64. The molecule has 1 aliphatic rings. The van der Waals surface area contributed by atoms with Crippen LogP contribution in [0, 0.1) is 23.1 Å². The molecule has 2 rings (SSSR count). The largest absolute Gasteiger partial charge is 0.299 e. The lowest BCUT2D eigenvalue weighted by atomic mass is 9.66. The van der Waals surface area contributed by atoms with Gasteiger partial charge in [0.05, 0.1) is 5.02 Å². The Morgan fingerprint density at radius 2 is 2.05 bits per heavy atom. The minimum Gasteiger partial charge on any atom is -0.299 e. The Morgan fingerprint density at radius 1 is 1.35 bits per heavy atom. The zero-order valence-electron chi connectivity index (χ0n) is 12.4. The van der Waals surface area contributed by atoms with Crippen LogP contribution in [0.1, 0.15) is 45.6 Å². The molecule has 0 saturated heterocycles. The van der Waals surface area contributed by atoms with Gasteiger partial charge in [0, 0.05) is 12.3 Å². The number of Topliss-reactive ketones (excluding diaryl/α,β-unsaturated/α-hetero) is 1. The summed E-state index contributed by atoms with van der Waals surface area (Å²) in [4.78, 5) is 12.3. The summed E-state index contributed by atoms with van der Waals surface area (Å²) in [5.41, 5.74) is 0.372. The highest BCUT2D eigenvalue weighted by molar-refractivity contribution is 6.30. The van der Waals surface area contributed by atoms with Gasteiger partial charge in [0.15, 0.2) is 0 Å². The maximum Gasteiger partial charge on any atom is 0.144 e. The molecule has 1 aliphatic carbocycles. The maximum atomic E-state index is 14.0. The molecule has 0 bridgehead atoms. The summed E-state index contributed by atoms with van der Waals surface area (Å²) < 4.78 is 14.0. The van der Waals surface area contributed by atoms with Crippen molar-refractivity contribution in [1.29, 1.82) is 0 Å². The lowest BCUT2D eigenvalue weighted by Gasteiger charge is -2.37. The van der Waals surface area contributed by atoms with Gasteiger partial charge in [-0.3, -0.25) is 4.79 Å². The van der Waals surface area contributed by atoms with Crippen LogP contribution >= 0.6 is 11.6 Å². The lowest BCUT2D eigenvalue weighted by molar-refractivity contribution is -0.129. The minimum absolute atomic E-state index is 0.0251. The maximum absolute atomic E-state index is 14.0. The predicted octanol–water partition coefficient (Wildman–Crippen LogP) is 5.05. The number of hydrogen-bond donors (Lipinski definition) is 0. The zero-order chi connectivity index (χ0) is 14.9. The molecule has 0 heterocycles. The molecular weight excluding hydrogens is 275 g/mol. The third-order valence-electron chi connectivity index (χ3n) is 4.51. The van der Waals surface area contributed by atoms with Gasteiger partial charge in [0.25, 0.3) is 0 Å². The van der Waals surface area contributed by atoms with E-state index >= 15 is 0 Å². The van der Waals surface area contributed by atoms with Crippen molar-refractivity contribution >= 4 is 17.4 Å². The van der Waals surface area contributed by atoms with Crippen molar-refractivity contribution in [2.24, 2.45) is 17.3 Å². The van der Waals surface area contributed by atoms with Gasteiger partial charge >= 0.3 is 0 Å². The number of carbonyl (C=O) groups is 1. The van der Waals surface area contributed by atoms with Gasteiger partial charge in [0.1, 0.15) is 11.6 Å². The Labute approximate surface area is 125 Å². The van der Waals surface area contributed by atoms with Crippen LogP contribution in [0.4, 0.5) is 4.39 Å². The van der Waals surface area contributed by atoms with E-state index in [0.29, 0.717) is 30.1 Å². The van der Waals surface area contributed by atoms with Crippen LogP contribution in [0.15, 0.2) is 18.2 Å². The molecular formula is C17H22ClFO. The summed E-state index contributed by atoms with van der Waals surface area (Å²) in [6, 6.07) is 5.08. The van der Waals surface area contributed by atoms with Crippen LogP contribution in [-0.2, 0) is 11.2 Å². The second-order valence-electron chi connectivity index (χ2n) is 6.78. The average Bonchev–Trinajstić information content (AvgIpc) is 2.34. The number of rotatable bonds is 3. The minimum atomic E-state index is -0.348. The van der Waals surface area contributed by atoms with E-state index in [4.69, 9.17) is 11.6 Å². The fraction of sp³-hybridized carbons (Fsp3) is 0.588. The summed E-state index contributed by atoms with van der Waals surface area (Å²) in [7, 11) is 0. The normalized spacial score (nSPS) is 23.9. The second kappa shape index (κ2) is 5.85. The molecule has 1 saturated carbocycles. The Hall–Kier alpha value is -0.890. The summed E-state index contributed by atoms with van der Waals surface area (Å²) in [6.45, 7) is 6.25. The van der Waals surface area contributed by atoms with Gasteiger partial charge in [-0.15, -0.1) is 0 Å². The highest BCUT2D eigenvalue weighted by atomic mass is 35.5. The molecule has 0 radical (unpaired) electrons. The SMILES string of the molecule is CC1CCC(C(C)(C)Cc2cccc(Cl)c2F)C(=O)C1. The van der Waals surface area contributed by atoms with E-state index in [1.54, 1.807) is 18.2 Å². The van der Waals surface area contributed by atoms with Gasteiger partial charge in [-0.2, -0.15) is 0 Å². The van der Waals surface area contributed by atoms with Crippen molar-refractivity contribution < 1.29 is 9.18 Å². The van der Waals surface area contributed by atoms with Gasteiger partial charge in [-0.05, 0) is 42.2 Å². The van der Waals surface area contributed by atoms with E-state index in [-0.39, 0.29) is 22.2 Å². The van der Waals surface area contributed by atoms with Gasteiger partial charge in [-0.25, -0.2) is 4.39 Å². The van der Waals surface area contributed by atoms with E-state index in [1.165, 1.54) is 0 Å². The molecule has 3 heteroatoms. The van der Waals surface area contributed by atoms with E-state index < -0.39 is 0 Å². The van der Waals surface area contributed by atoms with Crippen LogP contribution in [0.25, 0.3) is 0 Å². The number of hydrogen-bond acceptors (Lipinski definition) is 1. The Balaban J connectivity index is 2.18. The van der Waals surface area contributed by atoms with Crippen molar-refractivity contribution in [2.45, 2.75) is 46.5 Å². The molecule has 0 aliphatic heterocycles. The molecule has 0 amide bonds. The Kier molecular flexibility index (Phi) is 4.53. The van der Waals surface area contributed by atoms with Crippen LogP contribution in [0.5, 0.6) is 0 Å². The second-order valence-corrected chi connectivity index (χ2v) is 7.19. The van der Waals surface area contributed by atoms with Crippen LogP contribution in [0.2, 0.25) is 5.02 Å². The smallest absolute Gasteiger partial charge is 0.144 e. The molecule has 1 aromatic carbocycles. The van der Waals surface area contributed by atoms with Crippen molar-refractivity contribution in [3.63, 3.8) is 0 Å². The molecule has 1 nitrogen and oxygen atoms in total. The fourth-order valence-corrected chi connectivity index (χ4v) is 3.52. The first-order valence-electron chi connectivity index (χ1n) is 7.27. The van der Waals surface area contributed by atoms with E-state index in [9.17, 15) is 9.18 Å². The molecule has 0 aromatic heterocycles. The molecule has 0 spiro atoms. The van der Waals surface area contributed by atoms with E-state index in [0.717, 1.165) is 12.8 Å². The van der Waals surface area contributed by atoms with Gasteiger partial charge < -0.3 is 0 Å². The summed E-state index contributed by atoms with van der Waals surface area (Å²) >= 11 is 5.83. The standard InChI is InChI=1S/C17H22ClFO/c1-11-7-8-13(15(20)9-11)17(2,3)10-12-5-4-6-14(18)16(12)19/h4-6,11,13H,7-10H2,1-3H3. The Morgan fingerprint density at radius 3 is 2.70 bits per heavy atom. The zero-order valence-corrected chi connectivity index (χ0v) is 13.1. The van der Waals surface area contributed by atoms with Crippen molar-refractivity contribution in [3.8, 4) is 0 Å². The molecule has 1 fully saturated rings. The highest BCUT2D eigenvalue weighted by Crippen LogP contribution is 2.40. The predicted molar refractivity (Wildman–Crippen MR) is 80.4 cm³/mol. The topological polar surface area (TPSA) is 17.1 Å². The van der Waals surface area contributed by atoms with Crippen molar-refractivity contribution in [3.05, 3.63) is 34.6 Å². The van der Waals surface area contributed by atoms with Crippen LogP contribution in [-0.4, -0.2) is 5.78 Å². The first-order chi connectivity index (χ1) is 9.31. The van der Waals surface area contributed by atoms with Crippen molar-refractivity contribution in [2.75, 3.05) is 0 Å². The van der Waals surface area contributed by atoms with Crippen LogP contribution < -0.4 is 0 Å². The fourth-order valence-electron chi connectivity index (χ4n) is 3.33. The highest BCUT2D eigenvalue weighted by Gasteiger charge is 2.38. The molecule has 110 valence electrons. The molecule has 2 unspecified atom stereocenters. The molecule has 0 N–H and O–H groups in total. The van der Waals surface area contributed by atoms with Crippen molar-refractivity contribution in [1.82, 2.24) is 0 Å². The summed E-state index contributed by atoms with van der Waals surface area (Å²) in [6.07, 6.45) is 3.20. The van der Waals surface area contributed by atoms with Gasteiger partial charge in [-0.1, -0.05) is 44.5 Å². The first kappa shape index (κ1) is 15.5. The lowest BCUT2D eigenvalue weighted by Crippen LogP contribution is -2.37.